The minimum atomic E-state index is -0.959. The number of hydrogen-bond donors (Lipinski definition) is 1. The zero-order valence-corrected chi connectivity index (χ0v) is 10.9. The monoisotopic (exact) mass is 256 g/mol. The molecule has 1 aliphatic heterocycles. The third-order valence-electron chi connectivity index (χ3n) is 3.51. The van der Waals surface area contributed by atoms with Crippen LogP contribution in [0.5, 0.6) is 0 Å². The maximum absolute atomic E-state index is 11.9. The van der Waals surface area contributed by atoms with Gasteiger partial charge >= 0.3 is 5.97 Å². The summed E-state index contributed by atoms with van der Waals surface area (Å²) in [4.78, 5) is 26.1. The van der Waals surface area contributed by atoms with Crippen LogP contribution in [0.1, 0.15) is 19.8 Å². The van der Waals surface area contributed by atoms with E-state index in [1.807, 2.05) is 23.8 Å². The van der Waals surface area contributed by atoms with Crippen molar-refractivity contribution >= 4 is 11.9 Å². The third kappa shape index (κ3) is 3.20. The molecule has 2 fully saturated rings. The third-order valence-corrected chi connectivity index (χ3v) is 3.51. The fraction of sp³-hybridized carbons (Fsp3) is 0.833. The van der Waals surface area contributed by atoms with Crippen molar-refractivity contribution in [3.05, 3.63) is 0 Å². The van der Waals surface area contributed by atoms with Crippen LogP contribution in [0.15, 0.2) is 0 Å². The zero-order chi connectivity index (χ0) is 13.3. The van der Waals surface area contributed by atoms with Gasteiger partial charge in [-0.25, -0.2) is 4.79 Å². The molecule has 2 rings (SSSR count). The average molecular weight is 256 g/mol. The van der Waals surface area contributed by atoms with Gasteiger partial charge in [-0.15, -0.1) is 0 Å². The average Bonchev–Trinajstić information content (AvgIpc) is 3.06. The van der Waals surface area contributed by atoms with Gasteiger partial charge in [-0.3, -0.25) is 9.69 Å². The first-order valence-corrected chi connectivity index (χ1v) is 6.23. The van der Waals surface area contributed by atoms with Crippen LogP contribution in [0.3, 0.4) is 0 Å². The van der Waals surface area contributed by atoms with E-state index in [2.05, 4.69) is 0 Å². The Bertz CT molecular complexity index is 348. The Hall–Kier alpha value is -1.14. The van der Waals surface area contributed by atoms with Gasteiger partial charge in [-0.1, -0.05) is 0 Å². The summed E-state index contributed by atoms with van der Waals surface area (Å²) in [7, 11) is 1.85. The number of ether oxygens (including phenoxy) is 1. The van der Waals surface area contributed by atoms with Gasteiger partial charge in [-0.05, 0) is 19.8 Å². The molecule has 0 spiro atoms. The lowest BCUT2D eigenvalue weighted by Gasteiger charge is -2.47. The number of carboxylic acids is 1. The molecule has 6 heteroatoms. The molecule has 1 saturated carbocycles. The Kier molecular flexibility index (Phi) is 3.59. The summed E-state index contributed by atoms with van der Waals surface area (Å²) in [5.74, 6) is -0.822. The number of amides is 1. The van der Waals surface area contributed by atoms with Gasteiger partial charge in [0, 0.05) is 26.2 Å². The Labute approximate surface area is 106 Å². The van der Waals surface area contributed by atoms with Crippen LogP contribution in [0.4, 0.5) is 0 Å². The number of aliphatic carboxylic acids is 1. The summed E-state index contributed by atoms with van der Waals surface area (Å²) in [6, 6.07) is 0.438. The van der Waals surface area contributed by atoms with Crippen molar-refractivity contribution in [2.24, 2.45) is 0 Å². The molecular weight excluding hydrogens is 236 g/mol. The number of likely N-dealkylation sites (tertiary alicyclic amines) is 1. The predicted molar refractivity (Wildman–Crippen MR) is 64.2 cm³/mol. The van der Waals surface area contributed by atoms with Crippen LogP contribution in [-0.2, 0) is 14.3 Å². The van der Waals surface area contributed by atoms with Crippen molar-refractivity contribution in [2.75, 3.05) is 33.3 Å². The van der Waals surface area contributed by atoms with E-state index in [9.17, 15) is 9.59 Å². The van der Waals surface area contributed by atoms with Crippen LogP contribution in [0.2, 0.25) is 0 Å². The lowest BCUT2D eigenvalue weighted by molar-refractivity contribution is -0.167. The van der Waals surface area contributed by atoms with Gasteiger partial charge in [-0.2, -0.15) is 0 Å². The van der Waals surface area contributed by atoms with E-state index in [-0.39, 0.29) is 12.5 Å². The van der Waals surface area contributed by atoms with Crippen molar-refractivity contribution in [3.8, 4) is 0 Å². The molecule has 0 unspecified atom stereocenters. The molecule has 0 bridgehead atoms. The number of carboxylic acid groups (broad SMARTS) is 1. The van der Waals surface area contributed by atoms with Crippen molar-refractivity contribution in [1.29, 1.82) is 0 Å². The highest BCUT2D eigenvalue weighted by atomic mass is 16.5. The van der Waals surface area contributed by atoms with Gasteiger partial charge < -0.3 is 14.7 Å². The predicted octanol–water partition coefficient (Wildman–Crippen LogP) is -0.217. The highest BCUT2D eigenvalue weighted by Crippen LogP contribution is 2.27. The van der Waals surface area contributed by atoms with Crippen LogP contribution >= 0.6 is 0 Å². The van der Waals surface area contributed by atoms with Crippen LogP contribution < -0.4 is 0 Å². The van der Waals surface area contributed by atoms with Gasteiger partial charge in [0.25, 0.3) is 0 Å². The maximum Gasteiger partial charge on any atom is 0.329 e. The molecule has 0 aromatic heterocycles. The summed E-state index contributed by atoms with van der Waals surface area (Å²) >= 11 is 0. The summed E-state index contributed by atoms with van der Waals surface area (Å²) in [6.07, 6.45) is 2.23. The molecule has 0 aromatic rings. The minimum absolute atomic E-state index is 0.137. The number of carbonyl (C=O) groups excluding carboxylic acids is 1. The second kappa shape index (κ2) is 4.85. The largest absolute Gasteiger partial charge is 0.480 e. The molecule has 0 atom stereocenters. The topological polar surface area (TPSA) is 70.1 Å². The van der Waals surface area contributed by atoms with E-state index in [1.165, 1.54) is 0 Å². The Morgan fingerprint density at radius 2 is 2.06 bits per heavy atom. The summed E-state index contributed by atoms with van der Waals surface area (Å²) in [5.41, 5.74) is -0.420. The Morgan fingerprint density at radius 3 is 2.56 bits per heavy atom. The number of likely N-dealkylation sites (N-methyl/N-ethyl adjacent to an activating group) is 1. The Morgan fingerprint density at radius 1 is 1.44 bits per heavy atom. The van der Waals surface area contributed by atoms with E-state index in [4.69, 9.17) is 9.84 Å². The molecule has 1 heterocycles. The molecule has 1 amide bonds. The van der Waals surface area contributed by atoms with E-state index < -0.39 is 11.6 Å². The molecule has 6 nitrogen and oxygen atoms in total. The molecule has 2 aliphatic rings. The summed E-state index contributed by atoms with van der Waals surface area (Å²) < 4.78 is 5.29. The number of nitrogens with zero attached hydrogens (tertiary/aromatic N) is 2. The first kappa shape index (κ1) is 13.3. The van der Waals surface area contributed by atoms with Crippen LogP contribution in [0, 0.1) is 0 Å². The lowest BCUT2D eigenvalue weighted by Crippen LogP contribution is -2.63. The fourth-order valence-electron chi connectivity index (χ4n) is 2.31. The molecule has 1 saturated heterocycles. The molecule has 1 aliphatic carbocycles. The van der Waals surface area contributed by atoms with Crippen molar-refractivity contribution in [2.45, 2.75) is 31.4 Å². The Balaban J connectivity index is 1.68. The summed E-state index contributed by atoms with van der Waals surface area (Å²) in [5, 5.41) is 8.55. The maximum atomic E-state index is 11.9. The van der Waals surface area contributed by atoms with Gasteiger partial charge in [0.05, 0.1) is 12.1 Å². The second-order valence-corrected chi connectivity index (χ2v) is 5.51. The first-order valence-electron chi connectivity index (χ1n) is 6.23. The molecular formula is C12H20N2O4. The normalized spacial score (nSPS) is 22.3. The lowest BCUT2D eigenvalue weighted by atomic mass is 9.96. The van der Waals surface area contributed by atoms with E-state index >= 15 is 0 Å². The molecule has 0 radical (unpaired) electrons. The number of rotatable bonds is 6. The van der Waals surface area contributed by atoms with Gasteiger partial charge in [0.15, 0.2) is 0 Å². The summed E-state index contributed by atoms with van der Waals surface area (Å²) in [6.45, 7) is 3.23. The van der Waals surface area contributed by atoms with E-state index in [1.54, 1.807) is 0 Å². The number of hydrogen-bond acceptors (Lipinski definition) is 4. The number of carbonyl (C=O) groups is 2. The van der Waals surface area contributed by atoms with Crippen molar-refractivity contribution in [3.63, 3.8) is 0 Å². The SMILES string of the molecule is CN(C(=O)CN1CC(C)(OCC(=O)O)C1)C1CC1. The van der Waals surface area contributed by atoms with E-state index in [0.717, 1.165) is 12.8 Å². The smallest absolute Gasteiger partial charge is 0.329 e. The van der Waals surface area contributed by atoms with Crippen molar-refractivity contribution in [1.82, 2.24) is 9.80 Å². The van der Waals surface area contributed by atoms with E-state index in [0.29, 0.717) is 25.7 Å². The van der Waals surface area contributed by atoms with Crippen molar-refractivity contribution < 1.29 is 19.4 Å². The highest BCUT2D eigenvalue weighted by molar-refractivity contribution is 5.78. The molecule has 1 N–H and O–H groups in total. The first-order chi connectivity index (χ1) is 8.39. The zero-order valence-electron chi connectivity index (χ0n) is 10.9. The molecule has 0 aromatic carbocycles. The fourth-order valence-corrected chi connectivity index (χ4v) is 2.31. The quantitative estimate of drug-likeness (QED) is 0.711. The molecule has 102 valence electrons. The van der Waals surface area contributed by atoms with Gasteiger partial charge in [0.2, 0.25) is 5.91 Å². The van der Waals surface area contributed by atoms with Crippen LogP contribution in [0.25, 0.3) is 0 Å². The standard InChI is InChI=1S/C12H20N2O4/c1-12(18-6-11(16)17)7-14(8-12)5-10(15)13(2)9-3-4-9/h9H,3-8H2,1-2H3,(H,16,17). The highest BCUT2D eigenvalue weighted by Gasteiger charge is 2.41. The second-order valence-electron chi connectivity index (χ2n) is 5.51. The van der Waals surface area contributed by atoms with Crippen LogP contribution in [-0.4, -0.2) is 71.7 Å². The minimum Gasteiger partial charge on any atom is -0.480 e. The van der Waals surface area contributed by atoms with Gasteiger partial charge in [0.1, 0.15) is 6.61 Å². The molecule has 18 heavy (non-hydrogen) atoms.